The number of aryl methyl sites for hydroxylation is 2. The highest BCUT2D eigenvalue weighted by atomic mass is 16.5. The van der Waals surface area contributed by atoms with Gasteiger partial charge < -0.3 is 19.4 Å². The van der Waals surface area contributed by atoms with E-state index in [9.17, 15) is 9.59 Å². The van der Waals surface area contributed by atoms with Crippen LogP contribution in [0.5, 0.6) is 11.5 Å². The molecule has 7 heteroatoms. The zero-order valence-electron chi connectivity index (χ0n) is 21.5. The molecule has 2 aromatic carbocycles. The number of nitrogens with one attached hydrogen (secondary N) is 1. The van der Waals surface area contributed by atoms with E-state index in [4.69, 9.17) is 9.47 Å². The van der Waals surface area contributed by atoms with Gasteiger partial charge in [-0.15, -0.1) is 0 Å². The van der Waals surface area contributed by atoms with Crippen molar-refractivity contribution in [3.63, 3.8) is 0 Å². The van der Waals surface area contributed by atoms with Crippen LogP contribution in [0.25, 0.3) is 0 Å². The Morgan fingerprint density at radius 3 is 2.23 bits per heavy atom. The van der Waals surface area contributed by atoms with Crippen LogP contribution >= 0.6 is 0 Å². The van der Waals surface area contributed by atoms with Crippen LogP contribution in [0.4, 0.5) is 0 Å². The van der Waals surface area contributed by atoms with Crippen LogP contribution in [-0.4, -0.2) is 56.0 Å². The summed E-state index contributed by atoms with van der Waals surface area (Å²) in [7, 11) is 6.81. The standard InChI is InChI=1S/C28H35N3O4/c1-19-15-24(20(2)31(19)14-13-21-9-12-26(34-5)27(16-21)35-6)25(32)18-30(4)17-22-7-10-23(11-8-22)28(33)29-3/h7-12,15-16H,13-14,17-18H2,1-6H3,(H,29,33). The maximum absolute atomic E-state index is 13.1. The number of amides is 1. The quantitative estimate of drug-likeness (QED) is 0.422. The molecule has 0 aliphatic rings. The molecule has 1 aromatic heterocycles. The lowest BCUT2D eigenvalue weighted by atomic mass is 10.1. The van der Waals surface area contributed by atoms with Gasteiger partial charge in [0, 0.05) is 42.7 Å². The Morgan fingerprint density at radius 2 is 1.60 bits per heavy atom. The zero-order valence-corrected chi connectivity index (χ0v) is 21.5. The summed E-state index contributed by atoms with van der Waals surface area (Å²) >= 11 is 0. The van der Waals surface area contributed by atoms with Gasteiger partial charge >= 0.3 is 0 Å². The lowest BCUT2D eigenvalue weighted by Gasteiger charge is -2.16. The number of carbonyl (C=O) groups excluding carboxylic acids is 2. The third kappa shape index (κ3) is 6.31. The molecule has 0 bridgehead atoms. The lowest BCUT2D eigenvalue weighted by molar-refractivity contribution is 0.0940. The molecule has 3 aromatic rings. The summed E-state index contributed by atoms with van der Waals surface area (Å²) in [5.74, 6) is 1.42. The number of carbonyl (C=O) groups is 2. The van der Waals surface area contributed by atoms with Crippen molar-refractivity contribution in [2.45, 2.75) is 33.4 Å². The van der Waals surface area contributed by atoms with Crippen molar-refractivity contribution >= 4 is 11.7 Å². The number of likely N-dealkylation sites (N-methyl/N-ethyl adjacent to an activating group) is 1. The van der Waals surface area contributed by atoms with Crippen molar-refractivity contribution in [3.8, 4) is 11.5 Å². The Hall–Kier alpha value is -3.58. The SMILES string of the molecule is CNC(=O)c1ccc(CN(C)CC(=O)c2cc(C)n(CCc3ccc(OC)c(OC)c3)c2C)cc1. The normalized spacial score (nSPS) is 10.9. The van der Waals surface area contributed by atoms with Crippen LogP contribution in [-0.2, 0) is 19.5 Å². The summed E-state index contributed by atoms with van der Waals surface area (Å²) in [5.41, 5.74) is 5.63. The molecule has 0 unspecified atom stereocenters. The molecule has 1 amide bonds. The largest absolute Gasteiger partial charge is 0.493 e. The predicted octanol–water partition coefficient (Wildman–Crippen LogP) is 4.04. The second kappa shape index (κ2) is 11.7. The Balaban J connectivity index is 1.63. The first-order valence-electron chi connectivity index (χ1n) is 11.7. The molecule has 0 saturated heterocycles. The van der Waals surface area contributed by atoms with E-state index < -0.39 is 0 Å². The van der Waals surface area contributed by atoms with Crippen LogP contribution < -0.4 is 14.8 Å². The number of benzene rings is 2. The molecule has 0 spiro atoms. The van der Waals surface area contributed by atoms with Crippen LogP contribution in [0.1, 0.15) is 43.2 Å². The van der Waals surface area contributed by atoms with Crippen molar-refractivity contribution in [1.29, 1.82) is 0 Å². The zero-order chi connectivity index (χ0) is 25.5. The number of ketones is 1. The average molecular weight is 478 g/mol. The van der Waals surface area contributed by atoms with E-state index in [2.05, 4.69) is 9.88 Å². The number of ether oxygens (including phenoxy) is 2. The summed E-state index contributed by atoms with van der Waals surface area (Å²) in [6.45, 7) is 5.76. The minimum absolute atomic E-state index is 0.0972. The number of methoxy groups -OCH3 is 2. The molecule has 7 nitrogen and oxygen atoms in total. The minimum atomic E-state index is -0.110. The molecule has 35 heavy (non-hydrogen) atoms. The fourth-order valence-electron chi connectivity index (χ4n) is 4.31. The highest BCUT2D eigenvalue weighted by molar-refractivity contribution is 5.99. The first kappa shape index (κ1) is 26.0. The lowest BCUT2D eigenvalue weighted by Crippen LogP contribution is -2.26. The summed E-state index contributed by atoms with van der Waals surface area (Å²) in [6.07, 6.45) is 0.816. The molecule has 1 N–H and O–H groups in total. The number of Topliss-reactive ketones (excluding diaryl/α,β-unsaturated/α-hetero) is 1. The number of nitrogens with zero attached hydrogens (tertiary/aromatic N) is 2. The van der Waals surface area contributed by atoms with Gasteiger partial charge in [0.25, 0.3) is 5.91 Å². The predicted molar refractivity (Wildman–Crippen MR) is 138 cm³/mol. The molecule has 186 valence electrons. The molecule has 0 aliphatic carbocycles. The van der Waals surface area contributed by atoms with Gasteiger partial charge in [-0.05, 0) is 68.8 Å². The van der Waals surface area contributed by atoms with Gasteiger partial charge in [0.2, 0.25) is 0 Å². The van der Waals surface area contributed by atoms with Crippen LogP contribution in [0.3, 0.4) is 0 Å². The number of aromatic nitrogens is 1. The van der Waals surface area contributed by atoms with Crippen molar-refractivity contribution in [1.82, 2.24) is 14.8 Å². The van der Waals surface area contributed by atoms with E-state index in [1.165, 1.54) is 0 Å². The van der Waals surface area contributed by atoms with Gasteiger partial charge in [0.15, 0.2) is 17.3 Å². The van der Waals surface area contributed by atoms with E-state index in [1.54, 1.807) is 33.4 Å². The Labute approximate surface area is 207 Å². The molecule has 0 atom stereocenters. The van der Waals surface area contributed by atoms with Crippen molar-refractivity contribution < 1.29 is 19.1 Å². The molecular weight excluding hydrogens is 442 g/mol. The highest BCUT2D eigenvalue weighted by Crippen LogP contribution is 2.28. The van der Waals surface area contributed by atoms with Gasteiger partial charge in [-0.3, -0.25) is 14.5 Å². The monoisotopic (exact) mass is 477 g/mol. The Kier molecular flexibility index (Phi) is 8.71. The third-order valence-corrected chi connectivity index (χ3v) is 6.26. The maximum atomic E-state index is 13.1. The maximum Gasteiger partial charge on any atom is 0.251 e. The van der Waals surface area contributed by atoms with Crippen molar-refractivity contribution in [2.24, 2.45) is 0 Å². The van der Waals surface area contributed by atoms with Crippen LogP contribution in [0.15, 0.2) is 48.5 Å². The van der Waals surface area contributed by atoms with Crippen LogP contribution in [0, 0.1) is 13.8 Å². The van der Waals surface area contributed by atoms with Crippen molar-refractivity contribution in [3.05, 3.63) is 82.2 Å². The van der Waals surface area contributed by atoms with Gasteiger partial charge in [-0.25, -0.2) is 0 Å². The van der Waals surface area contributed by atoms with E-state index >= 15 is 0 Å². The third-order valence-electron chi connectivity index (χ3n) is 6.26. The molecule has 3 rings (SSSR count). The van der Waals surface area contributed by atoms with Gasteiger partial charge in [-0.2, -0.15) is 0 Å². The van der Waals surface area contributed by atoms with Crippen LogP contribution in [0.2, 0.25) is 0 Å². The molecule has 0 saturated carbocycles. The second-order valence-corrected chi connectivity index (χ2v) is 8.75. The molecule has 1 heterocycles. The second-order valence-electron chi connectivity index (χ2n) is 8.75. The fraction of sp³-hybridized carbons (Fsp3) is 0.357. The number of rotatable bonds is 11. The Bertz CT molecular complexity index is 1180. The van der Waals surface area contributed by atoms with E-state index in [1.807, 2.05) is 62.2 Å². The minimum Gasteiger partial charge on any atom is -0.493 e. The molecule has 0 fully saturated rings. The summed E-state index contributed by atoms with van der Waals surface area (Å²) < 4.78 is 12.9. The average Bonchev–Trinajstić information content (AvgIpc) is 3.15. The highest BCUT2D eigenvalue weighted by Gasteiger charge is 2.18. The van der Waals surface area contributed by atoms with Gasteiger partial charge in [0.1, 0.15) is 0 Å². The van der Waals surface area contributed by atoms with Gasteiger partial charge in [0.05, 0.1) is 20.8 Å². The number of hydrogen-bond acceptors (Lipinski definition) is 5. The fourth-order valence-corrected chi connectivity index (χ4v) is 4.31. The first-order chi connectivity index (χ1) is 16.8. The molecule has 0 radical (unpaired) electrons. The first-order valence-corrected chi connectivity index (χ1v) is 11.7. The molecular formula is C28H35N3O4. The Morgan fingerprint density at radius 1 is 0.943 bits per heavy atom. The van der Waals surface area contributed by atoms with E-state index in [0.29, 0.717) is 30.2 Å². The smallest absolute Gasteiger partial charge is 0.251 e. The summed E-state index contributed by atoms with van der Waals surface area (Å²) in [4.78, 5) is 26.8. The summed E-state index contributed by atoms with van der Waals surface area (Å²) in [6, 6.07) is 15.4. The topological polar surface area (TPSA) is 72.8 Å². The van der Waals surface area contributed by atoms with Gasteiger partial charge in [-0.1, -0.05) is 18.2 Å². The van der Waals surface area contributed by atoms with E-state index in [-0.39, 0.29) is 11.7 Å². The van der Waals surface area contributed by atoms with E-state index in [0.717, 1.165) is 41.0 Å². The molecule has 0 aliphatic heterocycles. The van der Waals surface area contributed by atoms with Crippen molar-refractivity contribution in [2.75, 3.05) is 34.9 Å². The number of hydrogen-bond donors (Lipinski definition) is 1. The summed E-state index contributed by atoms with van der Waals surface area (Å²) in [5, 5.41) is 2.62.